The van der Waals surface area contributed by atoms with Gasteiger partial charge in [-0.15, -0.1) is 0 Å². The second-order valence-electron chi connectivity index (χ2n) is 5.64. The quantitative estimate of drug-likeness (QED) is 0.839. The van der Waals surface area contributed by atoms with E-state index in [1.807, 2.05) is 0 Å². The summed E-state index contributed by atoms with van der Waals surface area (Å²) in [4.78, 5) is 11.7. The molecule has 0 saturated carbocycles. The zero-order valence-electron chi connectivity index (χ0n) is 13.4. The molecule has 128 valence electrons. The molecular formula is C17H20N2O5. The molecule has 0 spiro atoms. The third-order valence-corrected chi connectivity index (χ3v) is 4.03. The van der Waals surface area contributed by atoms with Crippen LogP contribution in [0.1, 0.15) is 29.6 Å². The second kappa shape index (κ2) is 7.35. The second-order valence-corrected chi connectivity index (χ2v) is 5.64. The highest BCUT2D eigenvalue weighted by atomic mass is 16.5. The van der Waals surface area contributed by atoms with Crippen molar-refractivity contribution in [2.24, 2.45) is 0 Å². The molecule has 1 atom stereocenters. The molecule has 0 aliphatic carbocycles. The van der Waals surface area contributed by atoms with E-state index >= 15 is 0 Å². The van der Waals surface area contributed by atoms with Gasteiger partial charge in [0.1, 0.15) is 5.75 Å². The Kier molecular flexibility index (Phi) is 5.00. The van der Waals surface area contributed by atoms with Crippen molar-refractivity contribution in [3.8, 4) is 17.1 Å². The highest BCUT2D eigenvalue weighted by Crippen LogP contribution is 2.30. The summed E-state index contributed by atoms with van der Waals surface area (Å²) in [5.74, 6) is 0.0387. The molecule has 1 aromatic carbocycles. The molecule has 2 aromatic rings. The number of aromatic carboxylic acids is 1. The monoisotopic (exact) mass is 332 g/mol. The Hall–Kier alpha value is -2.54. The molecule has 1 aliphatic rings. The van der Waals surface area contributed by atoms with Crippen LogP contribution >= 0.6 is 0 Å². The zero-order valence-corrected chi connectivity index (χ0v) is 13.4. The highest BCUT2D eigenvalue weighted by molar-refractivity contribution is 5.99. The van der Waals surface area contributed by atoms with Gasteiger partial charge in [-0.25, -0.2) is 4.79 Å². The number of aromatic nitrogens is 1. The van der Waals surface area contributed by atoms with Gasteiger partial charge in [0.2, 0.25) is 0 Å². The van der Waals surface area contributed by atoms with Crippen LogP contribution in [0.25, 0.3) is 11.3 Å². The minimum atomic E-state index is -1.09. The number of benzene rings is 1. The number of carboxylic acid groups (broad SMARTS) is 1. The maximum Gasteiger partial charge on any atom is 0.343 e. The number of carboxylic acids is 1. The van der Waals surface area contributed by atoms with Crippen LogP contribution in [0.5, 0.6) is 5.75 Å². The number of anilines is 1. The number of hydrogen-bond acceptors (Lipinski definition) is 6. The largest absolute Gasteiger partial charge is 0.497 e. The summed E-state index contributed by atoms with van der Waals surface area (Å²) in [6.45, 7) is 1.25. The van der Waals surface area contributed by atoms with Crippen LogP contribution in [0.2, 0.25) is 0 Å². The van der Waals surface area contributed by atoms with Gasteiger partial charge in [0.05, 0.1) is 13.2 Å². The molecule has 24 heavy (non-hydrogen) atoms. The van der Waals surface area contributed by atoms with Gasteiger partial charge in [-0.3, -0.25) is 0 Å². The van der Waals surface area contributed by atoms with Crippen molar-refractivity contribution in [2.45, 2.75) is 25.4 Å². The molecule has 0 amide bonds. The van der Waals surface area contributed by atoms with E-state index in [0.717, 1.165) is 25.9 Å². The number of ether oxygens (including phenoxy) is 2. The molecule has 2 heterocycles. The van der Waals surface area contributed by atoms with E-state index in [0.29, 0.717) is 17.9 Å². The molecule has 1 unspecified atom stereocenters. The van der Waals surface area contributed by atoms with Gasteiger partial charge in [-0.05, 0) is 43.5 Å². The van der Waals surface area contributed by atoms with Crippen molar-refractivity contribution in [3.63, 3.8) is 0 Å². The predicted octanol–water partition coefficient (Wildman–Crippen LogP) is 3.03. The average molecular weight is 332 g/mol. The summed E-state index contributed by atoms with van der Waals surface area (Å²) in [6.07, 6.45) is 3.22. The van der Waals surface area contributed by atoms with E-state index in [2.05, 4.69) is 10.5 Å². The van der Waals surface area contributed by atoms with E-state index in [4.69, 9.17) is 14.0 Å². The van der Waals surface area contributed by atoms with Crippen LogP contribution in [-0.4, -0.2) is 42.6 Å². The van der Waals surface area contributed by atoms with Gasteiger partial charge in [0.15, 0.2) is 17.1 Å². The normalized spacial score (nSPS) is 17.5. The van der Waals surface area contributed by atoms with E-state index in [1.165, 1.54) is 0 Å². The summed E-state index contributed by atoms with van der Waals surface area (Å²) >= 11 is 0. The summed E-state index contributed by atoms with van der Waals surface area (Å²) < 4.78 is 16.0. The van der Waals surface area contributed by atoms with Gasteiger partial charge in [-0.1, -0.05) is 5.16 Å². The lowest BCUT2D eigenvalue weighted by atomic mass is 10.1. The van der Waals surface area contributed by atoms with Gasteiger partial charge in [0.25, 0.3) is 0 Å². The van der Waals surface area contributed by atoms with Crippen molar-refractivity contribution < 1.29 is 23.9 Å². The van der Waals surface area contributed by atoms with Crippen LogP contribution in [0, 0.1) is 0 Å². The maximum atomic E-state index is 11.7. The first-order valence-electron chi connectivity index (χ1n) is 7.92. The van der Waals surface area contributed by atoms with Crippen molar-refractivity contribution >= 4 is 11.8 Å². The Balaban J connectivity index is 1.80. The smallest absolute Gasteiger partial charge is 0.343 e. The van der Waals surface area contributed by atoms with Gasteiger partial charge < -0.3 is 24.4 Å². The Labute approximate surface area is 139 Å². The van der Waals surface area contributed by atoms with E-state index < -0.39 is 5.97 Å². The van der Waals surface area contributed by atoms with Crippen molar-refractivity contribution in [2.75, 3.05) is 25.6 Å². The summed E-state index contributed by atoms with van der Waals surface area (Å²) in [7, 11) is 1.57. The third kappa shape index (κ3) is 3.51. The predicted molar refractivity (Wildman–Crippen MR) is 87.5 cm³/mol. The molecule has 0 bridgehead atoms. The highest BCUT2D eigenvalue weighted by Gasteiger charge is 2.25. The molecule has 3 rings (SSSR count). The lowest BCUT2D eigenvalue weighted by Crippen LogP contribution is -2.27. The number of nitrogens with zero attached hydrogens (tertiary/aromatic N) is 1. The zero-order chi connectivity index (χ0) is 16.9. The van der Waals surface area contributed by atoms with Crippen molar-refractivity contribution in [3.05, 3.63) is 29.8 Å². The first-order valence-corrected chi connectivity index (χ1v) is 7.92. The van der Waals surface area contributed by atoms with E-state index in [9.17, 15) is 9.90 Å². The fraction of sp³-hybridized carbons (Fsp3) is 0.412. The lowest BCUT2D eigenvalue weighted by molar-refractivity contribution is 0.0246. The SMILES string of the molecule is COc1ccc(-c2onc(NCC3CCCCO3)c2C(=O)O)cc1. The minimum Gasteiger partial charge on any atom is -0.497 e. The number of nitrogens with one attached hydrogen (secondary N) is 1. The lowest BCUT2D eigenvalue weighted by Gasteiger charge is -2.22. The van der Waals surface area contributed by atoms with Crippen molar-refractivity contribution in [1.29, 1.82) is 0 Å². The third-order valence-electron chi connectivity index (χ3n) is 4.03. The summed E-state index contributed by atoms with van der Waals surface area (Å²) in [5, 5.41) is 16.5. The molecule has 7 nitrogen and oxygen atoms in total. The van der Waals surface area contributed by atoms with Crippen LogP contribution in [-0.2, 0) is 4.74 Å². The van der Waals surface area contributed by atoms with Gasteiger partial charge in [0, 0.05) is 18.7 Å². The molecule has 1 saturated heterocycles. The van der Waals surface area contributed by atoms with Crippen LogP contribution < -0.4 is 10.1 Å². The minimum absolute atomic E-state index is 0.0241. The van der Waals surface area contributed by atoms with Crippen LogP contribution in [0.4, 0.5) is 5.82 Å². The maximum absolute atomic E-state index is 11.7. The number of rotatable bonds is 6. The fourth-order valence-electron chi connectivity index (χ4n) is 2.73. The number of methoxy groups -OCH3 is 1. The molecule has 2 N–H and O–H groups in total. The van der Waals surface area contributed by atoms with Gasteiger partial charge >= 0.3 is 5.97 Å². The van der Waals surface area contributed by atoms with Gasteiger partial charge in [-0.2, -0.15) is 0 Å². The Bertz CT molecular complexity index is 690. The fourth-order valence-corrected chi connectivity index (χ4v) is 2.73. The van der Waals surface area contributed by atoms with E-state index in [1.54, 1.807) is 31.4 Å². The molecular weight excluding hydrogens is 312 g/mol. The Morgan fingerprint density at radius 1 is 1.38 bits per heavy atom. The summed E-state index contributed by atoms with van der Waals surface area (Å²) in [5.41, 5.74) is 0.652. The first kappa shape index (κ1) is 16.3. The first-order chi connectivity index (χ1) is 11.7. The molecule has 1 fully saturated rings. The molecule has 1 aromatic heterocycles. The summed E-state index contributed by atoms with van der Waals surface area (Å²) in [6, 6.07) is 6.96. The number of hydrogen-bond donors (Lipinski definition) is 2. The molecule has 1 aliphatic heterocycles. The van der Waals surface area contributed by atoms with E-state index in [-0.39, 0.29) is 23.2 Å². The topological polar surface area (TPSA) is 93.8 Å². The molecule has 7 heteroatoms. The number of carbonyl (C=O) groups is 1. The Morgan fingerprint density at radius 3 is 2.79 bits per heavy atom. The van der Waals surface area contributed by atoms with Crippen LogP contribution in [0.15, 0.2) is 28.8 Å². The standard InChI is InChI=1S/C17H20N2O5/c1-22-12-7-5-11(6-8-12)15-14(17(20)21)16(19-24-15)18-10-13-4-2-3-9-23-13/h5-8,13H,2-4,9-10H2,1H3,(H,18,19)(H,20,21). The van der Waals surface area contributed by atoms with Crippen LogP contribution in [0.3, 0.4) is 0 Å². The van der Waals surface area contributed by atoms with Crippen molar-refractivity contribution in [1.82, 2.24) is 5.16 Å². The average Bonchev–Trinajstić information content (AvgIpc) is 3.05. The Morgan fingerprint density at radius 2 is 2.17 bits per heavy atom. The molecule has 0 radical (unpaired) electrons.